The number of carbonyl (C=O) groups excluding carboxylic acids is 1. The van der Waals surface area contributed by atoms with Crippen molar-refractivity contribution in [3.8, 4) is 5.69 Å². The molecule has 2 heterocycles. The van der Waals surface area contributed by atoms with E-state index in [-0.39, 0.29) is 5.91 Å². The van der Waals surface area contributed by atoms with Gasteiger partial charge >= 0.3 is 0 Å². The van der Waals surface area contributed by atoms with Crippen molar-refractivity contribution in [1.29, 1.82) is 0 Å². The Labute approximate surface area is 141 Å². The summed E-state index contributed by atoms with van der Waals surface area (Å²) in [7, 11) is 1.84. The highest BCUT2D eigenvalue weighted by molar-refractivity contribution is 5.96. The molecule has 6 nitrogen and oxygen atoms in total. The van der Waals surface area contributed by atoms with E-state index in [9.17, 15) is 4.79 Å². The van der Waals surface area contributed by atoms with Gasteiger partial charge in [0, 0.05) is 25.5 Å². The van der Waals surface area contributed by atoms with Crippen LogP contribution in [0.15, 0.2) is 42.7 Å². The molecule has 0 radical (unpaired) electrons. The molecule has 0 saturated carbocycles. The molecule has 0 atom stereocenters. The summed E-state index contributed by atoms with van der Waals surface area (Å²) >= 11 is 0. The highest BCUT2D eigenvalue weighted by Gasteiger charge is 2.16. The van der Waals surface area contributed by atoms with E-state index in [1.165, 1.54) is 0 Å². The third-order valence-corrected chi connectivity index (χ3v) is 4.09. The number of para-hydroxylation sites is 1. The second-order valence-corrected chi connectivity index (χ2v) is 5.80. The highest BCUT2D eigenvalue weighted by atomic mass is 16.1. The van der Waals surface area contributed by atoms with E-state index in [1.54, 1.807) is 4.68 Å². The van der Waals surface area contributed by atoms with Crippen molar-refractivity contribution >= 4 is 5.91 Å². The maximum atomic E-state index is 12.3. The number of benzene rings is 1. The zero-order chi connectivity index (χ0) is 17.1. The fourth-order valence-electron chi connectivity index (χ4n) is 2.72. The lowest BCUT2D eigenvalue weighted by atomic mass is 10.2. The molecule has 3 rings (SSSR count). The van der Waals surface area contributed by atoms with Crippen LogP contribution < -0.4 is 5.32 Å². The van der Waals surface area contributed by atoms with Crippen molar-refractivity contribution in [2.45, 2.75) is 20.3 Å². The van der Waals surface area contributed by atoms with E-state index in [4.69, 9.17) is 0 Å². The fraction of sp³-hybridized carbons (Fsp3) is 0.278. The number of aryl methyl sites for hydroxylation is 2. The molecule has 0 aliphatic carbocycles. The van der Waals surface area contributed by atoms with E-state index in [2.05, 4.69) is 15.5 Å². The van der Waals surface area contributed by atoms with Crippen LogP contribution in [0, 0.1) is 13.8 Å². The minimum atomic E-state index is -0.0754. The molecule has 1 N–H and O–H groups in total. The Balaban J connectivity index is 1.59. The first-order valence-corrected chi connectivity index (χ1v) is 7.93. The average Bonchev–Trinajstić information content (AvgIpc) is 3.13. The molecular formula is C18H21N5O. The van der Waals surface area contributed by atoms with Gasteiger partial charge in [0.25, 0.3) is 5.91 Å². The van der Waals surface area contributed by atoms with Crippen molar-refractivity contribution in [2.75, 3.05) is 6.54 Å². The number of aromatic nitrogens is 4. The molecule has 0 saturated heterocycles. The zero-order valence-electron chi connectivity index (χ0n) is 14.2. The molecule has 6 heteroatoms. The number of nitrogens with one attached hydrogen (secondary N) is 1. The summed E-state index contributed by atoms with van der Waals surface area (Å²) in [6.45, 7) is 4.32. The molecule has 0 spiro atoms. The summed E-state index contributed by atoms with van der Waals surface area (Å²) in [5.41, 5.74) is 4.40. The van der Waals surface area contributed by atoms with Gasteiger partial charge in [-0.05, 0) is 38.0 Å². The first-order chi connectivity index (χ1) is 11.6. The maximum absolute atomic E-state index is 12.3. The van der Waals surface area contributed by atoms with Crippen LogP contribution in [0.3, 0.4) is 0 Å². The minimum Gasteiger partial charge on any atom is -0.352 e. The molecule has 0 bridgehead atoms. The number of hydrogen-bond donors (Lipinski definition) is 1. The molecule has 0 unspecified atom stereocenters. The molecule has 3 aromatic rings. The molecule has 0 fully saturated rings. The number of rotatable bonds is 5. The molecule has 1 amide bonds. The Morgan fingerprint density at radius 2 is 1.96 bits per heavy atom. The van der Waals surface area contributed by atoms with Gasteiger partial charge in [-0.25, -0.2) is 4.68 Å². The predicted octanol–water partition coefficient (Wildman–Crippen LogP) is 2.20. The van der Waals surface area contributed by atoms with Crippen LogP contribution in [0.2, 0.25) is 0 Å². The molecule has 0 aliphatic rings. The van der Waals surface area contributed by atoms with Gasteiger partial charge in [-0.15, -0.1) is 0 Å². The SMILES string of the molecule is Cc1nn(C)c(C)c1C(=O)NCCc1cnn(-c2ccccc2)c1. The van der Waals surface area contributed by atoms with Crippen LogP contribution in [-0.2, 0) is 13.5 Å². The van der Waals surface area contributed by atoms with E-state index < -0.39 is 0 Å². The Bertz CT molecular complexity index is 848. The summed E-state index contributed by atoms with van der Waals surface area (Å²) in [6, 6.07) is 9.95. The molecule has 124 valence electrons. The van der Waals surface area contributed by atoms with Gasteiger partial charge in [0.1, 0.15) is 0 Å². The van der Waals surface area contributed by atoms with Gasteiger partial charge in [-0.3, -0.25) is 9.48 Å². The van der Waals surface area contributed by atoms with Gasteiger partial charge in [0.05, 0.1) is 23.1 Å². The molecule has 1 aromatic carbocycles. The standard InChI is InChI=1S/C18H21N5O/c1-13-17(14(2)22(3)21-13)18(24)19-10-9-15-11-20-23(12-15)16-7-5-4-6-8-16/h4-8,11-12H,9-10H2,1-3H3,(H,19,24). The highest BCUT2D eigenvalue weighted by Crippen LogP contribution is 2.12. The van der Waals surface area contributed by atoms with Crippen LogP contribution in [0.1, 0.15) is 27.3 Å². The monoisotopic (exact) mass is 323 g/mol. The fourth-order valence-corrected chi connectivity index (χ4v) is 2.72. The largest absolute Gasteiger partial charge is 0.352 e. The molecule has 2 aromatic heterocycles. The lowest BCUT2D eigenvalue weighted by Gasteiger charge is -2.05. The first-order valence-electron chi connectivity index (χ1n) is 7.93. The summed E-state index contributed by atoms with van der Waals surface area (Å²) < 4.78 is 3.57. The lowest BCUT2D eigenvalue weighted by Crippen LogP contribution is -2.26. The number of nitrogens with zero attached hydrogens (tertiary/aromatic N) is 4. The Morgan fingerprint density at radius 1 is 1.21 bits per heavy atom. The van der Waals surface area contributed by atoms with Crippen molar-refractivity contribution in [1.82, 2.24) is 24.9 Å². The zero-order valence-corrected chi connectivity index (χ0v) is 14.2. The Hall–Kier alpha value is -2.89. The van der Waals surface area contributed by atoms with Crippen LogP contribution in [-0.4, -0.2) is 32.0 Å². The third kappa shape index (κ3) is 3.22. The van der Waals surface area contributed by atoms with Crippen molar-refractivity contribution in [2.24, 2.45) is 7.05 Å². The molecule has 24 heavy (non-hydrogen) atoms. The van der Waals surface area contributed by atoms with Crippen molar-refractivity contribution < 1.29 is 4.79 Å². The minimum absolute atomic E-state index is 0.0754. The van der Waals surface area contributed by atoms with Crippen LogP contribution in [0.4, 0.5) is 0 Å². The lowest BCUT2D eigenvalue weighted by molar-refractivity contribution is 0.0953. The molecular weight excluding hydrogens is 302 g/mol. The summed E-state index contributed by atoms with van der Waals surface area (Å²) in [5, 5.41) is 11.6. The van der Waals surface area contributed by atoms with Crippen molar-refractivity contribution in [3.05, 3.63) is 65.2 Å². The third-order valence-electron chi connectivity index (χ3n) is 4.09. The van der Waals surface area contributed by atoms with Gasteiger partial charge in [-0.1, -0.05) is 18.2 Å². The number of hydrogen-bond acceptors (Lipinski definition) is 3. The maximum Gasteiger partial charge on any atom is 0.255 e. The Morgan fingerprint density at radius 3 is 2.62 bits per heavy atom. The summed E-state index contributed by atoms with van der Waals surface area (Å²) in [6.07, 6.45) is 4.55. The van der Waals surface area contributed by atoms with Crippen LogP contribution in [0.25, 0.3) is 5.69 Å². The van der Waals surface area contributed by atoms with Crippen LogP contribution >= 0.6 is 0 Å². The van der Waals surface area contributed by atoms with Crippen molar-refractivity contribution in [3.63, 3.8) is 0 Å². The number of amides is 1. The average molecular weight is 323 g/mol. The van der Waals surface area contributed by atoms with E-state index in [0.29, 0.717) is 12.1 Å². The normalized spacial score (nSPS) is 10.8. The van der Waals surface area contributed by atoms with Gasteiger partial charge in [0.2, 0.25) is 0 Å². The van der Waals surface area contributed by atoms with E-state index in [0.717, 1.165) is 29.1 Å². The second kappa shape index (κ2) is 6.70. The van der Waals surface area contributed by atoms with Crippen LogP contribution in [0.5, 0.6) is 0 Å². The summed E-state index contributed by atoms with van der Waals surface area (Å²) in [5.74, 6) is -0.0754. The van der Waals surface area contributed by atoms with Gasteiger partial charge < -0.3 is 5.32 Å². The topological polar surface area (TPSA) is 64.7 Å². The van der Waals surface area contributed by atoms with Gasteiger partial charge in [0.15, 0.2) is 0 Å². The van der Waals surface area contributed by atoms with E-state index in [1.807, 2.05) is 68.3 Å². The predicted molar refractivity (Wildman–Crippen MR) is 92.3 cm³/mol. The number of carbonyl (C=O) groups is 1. The molecule has 0 aliphatic heterocycles. The van der Waals surface area contributed by atoms with Gasteiger partial charge in [-0.2, -0.15) is 10.2 Å². The Kier molecular flexibility index (Phi) is 4.46. The second-order valence-electron chi connectivity index (χ2n) is 5.80. The van der Waals surface area contributed by atoms with E-state index >= 15 is 0 Å². The summed E-state index contributed by atoms with van der Waals surface area (Å²) in [4.78, 5) is 12.3. The quantitative estimate of drug-likeness (QED) is 0.783. The smallest absolute Gasteiger partial charge is 0.255 e. The first kappa shape index (κ1) is 16.0.